The van der Waals surface area contributed by atoms with Crippen molar-refractivity contribution in [3.05, 3.63) is 58.9 Å². The van der Waals surface area contributed by atoms with Crippen LogP contribution in [0.25, 0.3) is 0 Å². The normalized spacial score (nSPS) is 16.2. The van der Waals surface area contributed by atoms with Crippen LogP contribution in [-0.2, 0) is 6.42 Å². The number of nitrogens with one attached hydrogen (secondary N) is 1. The van der Waals surface area contributed by atoms with Gasteiger partial charge in [0.25, 0.3) is 5.91 Å². The molecule has 2 aromatic rings. The average molecular weight is 296 g/mol. The SMILES string of the molecule is Cc1cn(NC(=O)c2ccccc2)c2c1C(=O)CC(C)(C)C2. The van der Waals surface area contributed by atoms with E-state index in [0.717, 1.165) is 23.2 Å². The van der Waals surface area contributed by atoms with E-state index in [1.165, 1.54) is 0 Å². The van der Waals surface area contributed by atoms with Gasteiger partial charge in [0.1, 0.15) is 0 Å². The zero-order valence-corrected chi connectivity index (χ0v) is 13.1. The summed E-state index contributed by atoms with van der Waals surface area (Å²) in [5.41, 5.74) is 6.01. The zero-order chi connectivity index (χ0) is 15.9. The first-order chi connectivity index (χ1) is 10.4. The Labute approximate surface area is 130 Å². The summed E-state index contributed by atoms with van der Waals surface area (Å²) in [5.74, 6) is -0.00862. The molecule has 0 bridgehead atoms. The molecule has 1 N–H and O–H groups in total. The van der Waals surface area contributed by atoms with Gasteiger partial charge in [-0.2, -0.15) is 0 Å². The Kier molecular flexibility index (Phi) is 3.39. The van der Waals surface area contributed by atoms with Crippen molar-refractivity contribution >= 4 is 11.7 Å². The molecule has 0 spiro atoms. The van der Waals surface area contributed by atoms with E-state index in [9.17, 15) is 9.59 Å². The van der Waals surface area contributed by atoms with Crippen molar-refractivity contribution in [2.75, 3.05) is 5.43 Å². The van der Waals surface area contributed by atoms with Gasteiger partial charge < -0.3 is 0 Å². The van der Waals surface area contributed by atoms with Crippen LogP contribution >= 0.6 is 0 Å². The molecule has 1 aromatic heterocycles. The molecule has 0 fully saturated rings. The van der Waals surface area contributed by atoms with Crippen molar-refractivity contribution in [2.45, 2.75) is 33.6 Å². The topological polar surface area (TPSA) is 51.1 Å². The van der Waals surface area contributed by atoms with E-state index in [2.05, 4.69) is 19.3 Å². The maximum absolute atomic E-state index is 12.4. The van der Waals surface area contributed by atoms with Crippen molar-refractivity contribution in [3.63, 3.8) is 0 Å². The van der Waals surface area contributed by atoms with Crippen LogP contribution in [0.1, 0.15) is 52.2 Å². The van der Waals surface area contributed by atoms with Gasteiger partial charge in [-0.15, -0.1) is 0 Å². The summed E-state index contributed by atoms with van der Waals surface area (Å²) in [5, 5.41) is 0. The number of Topliss-reactive ketones (excluding diaryl/α,β-unsaturated/α-hetero) is 1. The molecule has 0 saturated heterocycles. The van der Waals surface area contributed by atoms with E-state index in [-0.39, 0.29) is 17.1 Å². The third kappa shape index (κ3) is 2.56. The molecular weight excluding hydrogens is 276 g/mol. The molecule has 114 valence electrons. The zero-order valence-electron chi connectivity index (χ0n) is 13.1. The molecule has 4 nitrogen and oxygen atoms in total. The summed E-state index contributed by atoms with van der Waals surface area (Å²) >= 11 is 0. The number of amides is 1. The minimum absolute atomic E-state index is 0.0793. The van der Waals surface area contributed by atoms with Crippen LogP contribution in [0.15, 0.2) is 36.5 Å². The lowest BCUT2D eigenvalue weighted by Crippen LogP contribution is -2.31. The monoisotopic (exact) mass is 296 g/mol. The predicted molar refractivity (Wildman–Crippen MR) is 85.7 cm³/mol. The number of benzene rings is 1. The Bertz CT molecular complexity index is 742. The van der Waals surface area contributed by atoms with Crippen LogP contribution in [-0.4, -0.2) is 16.4 Å². The van der Waals surface area contributed by atoms with Gasteiger partial charge in [-0.25, -0.2) is 0 Å². The molecule has 0 saturated carbocycles. The van der Waals surface area contributed by atoms with E-state index >= 15 is 0 Å². The van der Waals surface area contributed by atoms with Crippen LogP contribution in [0.3, 0.4) is 0 Å². The fourth-order valence-corrected chi connectivity index (χ4v) is 3.14. The minimum atomic E-state index is -0.172. The molecule has 1 aliphatic rings. The first-order valence-corrected chi connectivity index (χ1v) is 7.48. The van der Waals surface area contributed by atoms with Crippen LogP contribution in [0.2, 0.25) is 0 Å². The van der Waals surface area contributed by atoms with Crippen LogP contribution < -0.4 is 5.43 Å². The highest BCUT2D eigenvalue weighted by molar-refractivity contribution is 6.02. The van der Waals surface area contributed by atoms with E-state index in [1.807, 2.05) is 31.3 Å². The van der Waals surface area contributed by atoms with Gasteiger partial charge in [0.05, 0.1) is 5.69 Å². The van der Waals surface area contributed by atoms with Crippen LogP contribution in [0.4, 0.5) is 0 Å². The van der Waals surface area contributed by atoms with Crippen molar-refractivity contribution in [2.24, 2.45) is 5.41 Å². The van der Waals surface area contributed by atoms with Gasteiger partial charge in [0.15, 0.2) is 5.78 Å². The summed E-state index contributed by atoms with van der Waals surface area (Å²) in [6.45, 7) is 6.08. The summed E-state index contributed by atoms with van der Waals surface area (Å²) in [7, 11) is 0. The Hall–Kier alpha value is -2.36. The molecule has 1 aromatic carbocycles. The van der Waals surface area contributed by atoms with Crippen LogP contribution in [0, 0.1) is 12.3 Å². The van der Waals surface area contributed by atoms with E-state index in [0.29, 0.717) is 12.0 Å². The van der Waals surface area contributed by atoms with Crippen LogP contribution in [0.5, 0.6) is 0 Å². The molecule has 0 aliphatic heterocycles. The van der Waals surface area contributed by atoms with Gasteiger partial charge >= 0.3 is 0 Å². The molecule has 22 heavy (non-hydrogen) atoms. The Morgan fingerprint density at radius 3 is 2.55 bits per heavy atom. The molecule has 0 radical (unpaired) electrons. The fraction of sp³-hybridized carbons (Fsp3) is 0.333. The molecule has 3 rings (SSSR count). The molecule has 0 atom stereocenters. The quantitative estimate of drug-likeness (QED) is 0.924. The second-order valence-corrected chi connectivity index (χ2v) is 6.75. The molecule has 4 heteroatoms. The summed E-state index contributed by atoms with van der Waals surface area (Å²) < 4.78 is 1.72. The standard InChI is InChI=1S/C18H20N2O2/c1-12-11-20(19-17(22)13-7-5-4-6-8-13)14-9-18(2,3)10-15(21)16(12)14/h4-8,11H,9-10H2,1-3H3,(H,19,22). The number of carbonyl (C=O) groups is 2. The van der Waals surface area contributed by atoms with E-state index in [1.54, 1.807) is 16.8 Å². The number of fused-ring (bicyclic) bond motifs is 1. The first-order valence-electron chi connectivity index (χ1n) is 7.48. The lowest BCUT2D eigenvalue weighted by Gasteiger charge is -2.29. The number of ketones is 1. The number of hydrogen-bond acceptors (Lipinski definition) is 2. The summed E-state index contributed by atoms with van der Waals surface area (Å²) in [6, 6.07) is 9.08. The second-order valence-electron chi connectivity index (χ2n) is 6.75. The smallest absolute Gasteiger partial charge is 0.270 e. The summed E-state index contributed by atoms with van der Waals surface area (Å²) in [6.07, 6.45) is 3.17. The van der Waals surface area contributed by atoms with Crippen molar-refractivity contribution in [1.82, 2.24) is 4.68 Å². The molecular formula is C18H20N2O2. The first kappa shape index (κ1) is 14.6. The molecule has 1 heterocycles. The Morgan fingerprint density at radius 1 is 1.18 bits per heavy atom. The highest BCUT2D eigenvalue weighted by Crippen LogP contribution is 2.36. The second kappa shape index (κ2) is 5.13. The van der Waals surface area contributed by atoms with Gasteiger partial charge in [-0.05, 0) is 36.5 Å². The maximum Gasteiger partial charge on any atom is 0.270 e. The lowest BCUT2D eigenvalue weighted by atomic mass is 9.75. The Balaban J connectivity index is 1.95. The van der Waals surface area contributed by atoms with E-state index in [4.69, 9.17) is 0 Å². The molecule has 1 amide bonds. The van der Waals surface area contributed by atoms with Gasteiger partial charge in [-0.3, -0.25) is 19.7 Å². The number of rotatable bonds is 2. The van der Waals surface area contributed by atoms with Crippen molar-refractivity contribution in [1.29, 1.82) is 0 Å². The lowest BCUT2D eigenvalue weighted by molar-refractivity contribution is 0.0906. The van der Waals surface area contributed by atoms with Crippen molar-refractivity contribution < 1.29 is 9.59 Å². The number of nitrogens with zero attached hydrogens (tertiary/aromatic N) is 1. The molecule has 0 unspecified atom stereocenters. The largest absolute Gasteiger partial charge is 0.294 e. The number of aryl methyl sites for hydroxylation is 1. The fourth-order valence-electron chi connectivity index (χ4n) is 3.14. The maximum atomic E-state index is 12.4. The predicted octanol–water partition coefficient (Wildman–Crippen LogP) is 3.34. The van der Waals surface area contributed by atoms with Crippen molar-refractivity contribution in [3.8, 4) is 0 Å². The van der Waals surface area contributed by atoms with Gasteiger partial charge in [0.2, 0.25) is 0 Å². The van der Waals surface area contributed by atoms with E-state index < -0.39 is 0 Å². The summed E-state index contributed by atoms with van der Waals surface area (Å²) in [4.78, 5) is 24.7. The molecule has 1 aliphatic carbocycles. The highest BCUT2D eigenvalue weighted by Gasteiger charge is 2.34. The third-order valence-corrected chi connectivity index (χ3v) is 4.12. The highest BCUT2D eigenvalue weighted by atomic mass is 16.2. The minimum Gasteiger partial charge on any atom is -0.294 e. The number of aromatic nitrogens is 1. The third-order valence-electron chi connectivity index (χ3n) is 4.12. The van der Waals surface area contributed by atoms with Gasteiger partial charge in [0, 0.05) is 23.7 Å². The van der Waals surface area contributed by atoms with Gasteiger partial charge in [-0.1, -0.05) is 32.0 Å². The number of carbonyl (C=O) groups excluding carboxylic acids is 2. The average Bonchev–Trinajstić information content (AvgIpc) is 2.74. The number of hydrogen-bond donors (Lipinski definition) is 1. The Morgan fingerprint density at radius 2 is 1.86 bits per heavy atom.